The van der Waals surface area contributed by atoms with Crippen LogP contribution >= 0.6 is 0 Å². The zero-order valence-corrected chi connectivity index (χ0v) is 9.01. The smallest absolute Gasteiger partial charge is 0.236 e. The van der Waals surface area contributed by atoms with Crippen molar-refractivity contribution < 1.29 is 9.53 Å². The van der Waals surface area contributed by atoms with Crippen LogP contribution in [0.3, 0.4) is 0 Å². The molecule has 1 atom stereocenters. The molecule has 1 aliphatic rings. The second-order valence-electron chi connectivity index (χ2n) is 3.67. The zero-order valence-electron chi connectivity index (χ0n) is 9.01. The molecule has 0 aliphatic carbocycles. The lowest BCUT2D eigenvalue weighted by Gasteiger charge is -2.26. The lowest BCUT2D eigenvalue weighted by Crippen LogP contribution is -2.48. The van der Waals surface area contributed by atoms with E-state index in [-0.39, 0.29) is 11.9 Å². The third-order valence-corrected chi connectivity index (χ3v) is 2.45. The SMILES string of the molecule is CCNC(=O)C(C)NC1CCOCC1. The van der Waals surface area contributed by atoms with E-state index in [4.69, 9.17) is 4.74 Å². The second kappa shape index (κ2) is 5.98. The largest absolute Gasteiger partial charge is 0.381 e. The fourth-order valence-corrected chi connectivity index (χ4v) is 1.62. The van der Waals surface area contributed by atoms with Gasteiger partial charge in [-0.05, 0) is 26.7 Å². The number of hydrogen-bond acceptors (Lipinski definition) is 3. The molecule has 1 unspecified atom stereocenters. The van der Waals surface area contributed by atoms with Gasteiger partial charge in [-0.2, -0.15) is 0 Å². The first-order valence-electron chi connectivity index (χ1n) is 5.35. The van der Waals surface area contributed by atoms with Gasteiger partial charge in [0.1, 0.15) is 0 Å². The van der Waals surface area contributed by atoms with E-state index in [1.165, 1.54) is 0 Å². The minimum absolute atomic E-state index is 0.0824. The molecule has 1 heterocycles. The first-order valence-corrected chi connectivity index (χ1v) is 5.35. The number of likely N-dealkylation sites (N-methyl/N-ethyl adjacent to an activating group) is 1. The molecule has 0 aromatic heterocycles. The summed E-state index contributed by atoms with van der Waals surface area (Å²) in [7, 11) is 0. The normalized spacial score (nSPS) is 20.4. The molecule has 0 aromatic carbocycles. The van der Waals surface area contributed by atoms with E-state index >= 15 is 0 Å². The van der Waals surface area contributed by atoms with Crippen LogP contribution in [0.15, 0.2) is 0 Å². The van der Waals surface area contributed by atoms with Crippen molar-refractivity contribution in [3.8, 4) is 0 Å². The molecule has 0 aromatic rings. The molecule has 2 N–H and O–H groups in total. The number of ether oxygens (including phenoxy) is 1. The van der Waals surface area contributed by atoms with Crippen molar-refractivity contribution in [1.82, 2.24) is 10.6 Å². The average Bonchev–Trinajstić information content (AvgIpc) is 2.19. The van der Waals surface area contributed by atoms with Crippen molar-refractivity contribution >= 4 is 5.91 Å². The molecule has 0 radical (unpaired) electrons. The highest BCUT2D eigenvalue weighted by molar-refractivity contribution is 5.81. The van der Waals surface area contributed by atoms with Crippen molar-refractivity contribution in [3.05, 3.63) is 0 Å². The highest BCUT2D eigenvalue weighted by Crippen LogP contribution is 2.06. The van der Waals surface area contributed by atoms with Gasteiger partial charge in [0.2, 0.25) is 5.91 Å². The van der Waals surface area contributed by atoms with Gasteiger partial charge in [0.25, 0.3) is 0 Å². The Labute approximate surface area is 85.4 Å². The molecular formula is C10H20N2O2. The molecule has 82 valence electrons. The molecule has 1 fully saturated rings. The molecule has 0 saturated carbocycles. The maximum atomic E-state index is 11.4. The van der Waals surface area contributed by atoms with Crippen LogP contribution in [0.4, 0.5) is 0 Å². The topological polar surface area (TPSA) is 50.4 Å². The van der Waals surface area contributed by atoms with Gasteiger partial charge < -0.3 is 15.4 Å². The number of amides is 1. The van der Waals surface area contributed by atoms with Crippen molar-refractivity contribution in [2.24, 2.45) is 0 Å². The molecular weight excluding hydrogens is 180 g/mol. The predicted octanol–water partition coefficient (Wildman–Crippen LogP) is 0.280. The van der Waals surface area contributed by atoms with E-state index in [1.54, 1.807) is 0 Å². The summed E-state index contributed by atoms with van der Waals surface area (Å²) in [5.74, 6) is 0.0824. The Bertz CT molecular complexity index is 179. The van der Waals surface area contributed by atoms with Crippen LogP contribution in [0.5, 0.6) is 0 Å². The first kappa shape index (κ1) is 11.5. The van der Waals surface area contributed by atoms with Crippen LogP contribution in [-0.2, 0) is 9.53 Å². The van der Waals surface area contributed by atoms with Crippen LogP contribution in [0.25, 0.3) is 0 Å². The standard InChI is InChI=1S/C10H20N2O2/c1-3-11-10(13)8(2)12-9-4-6-14-7-5-9/h8-9,12H,3-7H2,1-2H3,(H,11,13). The third kappa shape index (κ3) is 3.64. The Kier molecular flexibility index (Phi) is 4.90. The van der Waals surface area contributed by atoms with Crippen molar-refractivity contribution in [2.75, 3.05) is 19.8 Å². The maximum absolute atomic E-state index is 11.4. The van der Waals surface area contributed by atoms with E-state index in [0.29, 0.717) is 12.6 Å². The number of carbonyl (C=O) groups is 1. The number of rotatable bonds is 4. The van der Waals surface area contributed by atoms with E-state index in [1.807, 2.05) is 13.8 Å². The molecule has 1 amide bonds. The number of carbonyl (C=O) groups excluding carboxylic acids is 1. The molecule has 14 heavy (non-hydrogen) atoms. The zero-order chi connectivity index (χ0) is 10.4. The molecule has 1 rings (SSSR count). The molecule has 1 saturated heterocycles. The fraction of sp³-hybridized carbons (Fsp3) is 0.900. The monoisotopic (exact) mass is 200 g/mol. The Morgan fingerprint density at radius 3 is 2.71 bits per heavy atom. The summed E-state index contributed by atoms with van der Waals surface area (Å²) in [4.78, 5) is 11.4. The Hall–Kier alpha value is -0.610. The molecule has 4 heteroatoms. The third-order valence-electron chi connectivity index (χ3n) is 2.45. The average molecular weight is 200 g/mol. The van der Waals surface area contributed by atoms with Crippen LogP contribution in [-0.4, -0.2) is 37.7 Å². The van der Waals surface area contributed by atoms with Gasteiger partial charge in [-0.25, -0.2) is 0 Å². The van der Waals surface area contributed by atoms with Gasteiger partial charge in [0, 0.05) is 25.8 Å². The van der Waals surface area contributed by atoms with Crippen molar-refractivity contribution in [2.45, 2.75) is 38.8 Å². The highest BCUT2D eigenvalue weighted by Gasteiger charge is 2.19. The van der Waals surface area contributed by atoms with Gasteiger partial charge in [0.15, 0.2) is 0 Å². The predicted molar refractivity (Wildman–Crippen MR) is 55.1 cm³/mol. The summed E-state index contributed by atoms with van der Waals surface area (Å²) in [6.07, 6.45) is 2.01. The summed E-state index contributed by atoms with van der Waals surface area (Å²) >= 11 is 0. The summed E-state index contributed by atoms with van der Waals surface area (Å²) in [5, 5.41) is 6.11. The number of hydrogen-bond donors (Lipinski definition) is 2. The first-order chi connectivity index (χ1) is 6.74. The van der Waals surface area contributed by atoms with Crippen LogP contribution in [0, 0.1) is 0 Å². The highest BCUT2D eigenvalue weighted by atomic mass is 16.5. The lowest BCUT2D eigenvalue weighted by molar-refractivity contribution is -0.123. The van der Waals surface area contributed by atoms with Crippen LogP contribution in [0.2, 0.25) is 0 Å². The summed E-state index contributed by atoms with van der Waals surface area (Å²) in [6, 6.07) is 0.333. The summed E-state index contributed by atoms with van der Waals surface area (Å²) in [6.45, 7) is 6.14. The molecule has 0 bridgehead atoms. The second-order valence-corrected chi connectivity index (χ2v) is 3.67. The van der Waals surface area contributed by atoms with E-state index < -0.39 is 0 Å². The Morgan fingerprint density at radius 1 is 1.50 bits per heavy atom. The Balaban J connectivity index is 2.24. The van der Waals surface area contributed by atoms with E-state index in [2.05, 4.69) is 10.6 Å². The molecule has 1 aliphatic heterocycles. The lowest BCUT2D eigenvalue weighted by atomic mass is 10.1. The summed E-state index contributed by atoms with van der Waals surface area (Å²) < 4.78 is 5.25. The van der Waals surface area contributed by atoms with E-state index in [9.17, 15) is 4.79 Å². The fourth-order valence-electron chi connectivity index (χ4n) is 1.62. The van der Waals surface area contributed by atoms with Gasteiger partial charge in [-0.1, -0.05) is 0 Å². The van der Waals surface area contributed by atoms with E-state index in [0.717, 1.165) is 26.1 Å². The quantitative estimate of drug-likeness (QED) is 0.685. The molecule has 0 spiro atoms. The van der Waals surface area contributed by atoms with Gasteiger partial charge in [0.05, 0.1) is 6.04 Å². The van der Waals surface area contributed by atoms with Crippen molar-refractivity contribution in [3.63, 3.8) is 0 Å². The van der Waals surface area contributed by atoms with Gasteiger partial charge >= 0.3 is 0 Å². The Morgan fingerprint density at radius 2 is 2.14 bits per heavy atom. The number of nitrogens with one attached hydrogen (secondary N) is 2. The van der Waals surface area contributed by atoms with Crippen LogP contribution < -0.4 is 10.6 Å². The minimum atomic E-state index is -0.0990. The molecule has 4 nitrogen and oxygen atoms in total. The van der Waals surface area contributed by atoms with Crippen LogP contribution in [0.1, 0.15) is 26.7 Å². The summed E-state index contributed by atoms with van der Waals surface area (Å²) in [5.41, 5.74) is 0. The minimum Gasteiger partial charge on any atom is -0.381 e. The van der Waals surface area contributed by atoms with Crippen molar-refractivity contribution in [1.29, 1.82) is 0 Å². The maximum Gasteiger partial charge on any atom is 0.236 e. The van der Waals surface area contributed by atoms with Gasteiger partial charge in [-0.3, -0.25) is 4.79 Å². The van der Waals surface area contributed by atoms with Gasteiger partial charge in [-0.15, -0.1) is 0 Å².